The van der Waals surface area contributed by atoms with E-state index in [1.807, 2.05) is 0 Å². The second kappa shape index (κ2) is 28.9. The number of rotatable bonds is 31. The standard InChI is InChI=1S/C37H74N2/c1-4-7-9-11-13-15-17-18-19-20-21-22-23-25-27-29-31-34-39-36-35-38(33-6-3)37(39)32-30-28-26-24-16-14-12-10-8-5-2/h35-37H,4-34H2,1-3H3. The van der Waals surface area contributed by atoms with Gasteiger partial charge in [0.2, 0.25) is 0 Å². The molecule has 0 saturated heterocycles. The number of hydrogen-bond acceptors (Lipinski definition) is 2. The van der Waals surface area contributed by atoms with Crippen molar-refractivity contribution in [3.8, 4) is 0 Å². The van der Waals surface area contributed by atoms with E-state index in [0.29, 0.717) is 6.17 Å². The Balaban J connectivity index is 1.97. The highest BCUT2D eigenvalue weighted by Crippen LogP contribution is 2.23. The van der Waals surface area contributed by atoms with Crippen LogP contribution in [0.15, 0.2) is 12.4 Å². The maximum atomic E-state index is 2.68. The Labute approximate surface area is 248 Å². The van der Waals surface area contributed by atoms with Gasteiger partial charge in [-0.05, 0) is 25.7 Å². The molecule has 2 nitrogen and oxygen atoms in total. The molecule has 0 amide bonds. The molecule has 1 atom stereocenters. The average Bonchev–Trinajstić information content (AvgIpc) is 3.32. The Morgan fingerprint density at radius 1 is 0.333 bits per heavy atom. The highest BCUT2D eigenvalue weighted by atomic mass is 15.4. The van der Waals surface area contributed by atoms with Crippen LogP contribution in [0.3, 0.4) is 0 Å². The highest BCUT2D eigenvalue weighted by molar-refractivity contribution is 4.96. The van der Waals surface area contributed by atoms with Crippen molar-refractivity contribution in [3.63, 3.8) is 0 Å². The maximum Gasteiger partial charge on any atom is 0.101 e. The lowest BCUT2D eigenvalue weighted by atomic mass is 10.0. The molecule has 232 valence electrons. The number of nitrogens with zero attached hydrogens (tertiary/aromatic N) is 2. The SMILES string of the molecule is CCCCCCCCCCCCCCCCCCCN1C=CN(CCC)C1CCCCCCCCCCCC. The van der Waals surface area contributed by atoms with Crippen LogP contribution in [0.5, 0.6) is 0 Å². The zero-order valence-electron chi connectivity index (χ0n) is 27.5. The van der Waals surface area contributed by atoms with Gasteiger partial charge in [-0.3, -0.25) is 0 Å². The van der Waals surface area contributed by atoms with Crippen LogP contribution in [0.25, 0.3) is 0 Å². The van der Waals surface area contributed by atoms with E-state index in [0.717, 1.165) is 0 Å². The van der Waals surface area contributed by atoms with Crippen LogP contribution in [-0.4, -0.2) is 29.1 Å². The first-order valence-corrected chi connectivity index (χ1v) is 18.5. The zero-order chi connectivity index (χ0) is 28.1. The molecule has 1 aliphatic heterocycles. The summed E-state index contributed by atoms with van der Waals surface area (Å²) in [4.78, 5) is 5.30. The van der Waals surface area contributed by atoms with E-state index in [-0.39, 0.29) is 0 Å². The number of unbranched alkanes of at least 4 members (excludes halogenated alkanes) is 25. The molecule has 39 heavy (non-hydrogen) atoms. The fraction of sp³-hybridized carbons (Fsp3) is 0.946. The molecule has 0 aromatic heterocycles. The first-order valence-electron chi connectivity index (χ1n) is 18.5. The molecular formula is C37H74N2. The second-order valence-electron chi connectivity index (χ2n) is 12.9. The average molecular weight is 547 g/mol. The van der Waals surface area contributed by atoms with Gasteiger partial charge in [0, 0.05) is 25.5 Å². The molecule has 0 radical (unpaired) electrons. The minimum absolute atomic E-state index is 0.639. The first-order chi connectivity index (χ1) is 19.3. The van der Waals surface area contributed by atoms with Crippen LogP contribution in [0.2, 0.25) is 0 Å². The summed E-state index contributed by atoms with van der Waals surface area (Å²) in [6.07, 6.45) is 47.1. The molecule has 0 aliphatic carbocycles. The molecule has 1 heterocycles. The fourth-order valence-electron chi connectivity index (χ4n) is 6.43. The summed E-state index contributed by atoms with van der Waals surface area (Å²) in [5.74, 6) is 0. The monoisotopic (exact) mass is 547 g/mol. The maximum absolute atomic E-state index is 2.68. The third kappa shape index (κ3) is 21.7. The molecule has 1 unspecified atom stereocenters. The van der Waals surface area contributed by atoms with Gasteiger partial charge in [0.25, 0.3) is 0 Å². The van der Waals surface area contributed by atoms with Crippen molar-refractivity contribution < 1.29 is 0 Å². The number of hydrogen-bond donors (Lipinski definition) is 0. The molecule has 0 fully saturated rings. The van der Waals surface area contributed by atoms with Crippen LogP contribution < -0.4 is 0 Å². The van der Waals surface area contributed by atoms with Crippen molar-refractivity contribution in [2.24, 2.45) is 0 Å². The minimum atomic E-state index is 0.639. The van der Waals surface area contributed by atoms with Gasteiger partial charge < -0.3 is 9.80 Å². The Kier molecular flexibility index (Phi) is 26.9. The molecular weight excluding hydrogens is 472 g/mol. The van der Waals surface area contributed by atoms with Crippen molar-refractivity contribution in [2.75, 3.05) is 13.1 Å². The Bertz CT molecular complexity index is 502. The van der Waals surface area contributed by atoms with E-state index in [1.165, 1.54) is 199 Å². The van der Waals surface area contributed by atoms with E-state index in [2.05, 4.69) is 43.0 Å². The van der Waals surface area contributed by atoms with Gasteiger partial charge in [0.1, 0.15) is 6.17 Å². The summed E-state index contributed by atoms with van der Waals surface area (Å²) in [7, 11) is 0. The van der Waals surface area contributed by atoms with Crippen LogP contribution >= 0.6 is 0 Å². The summed E-state index contributed by atoms with van der Waals surface area (Å²) in [6.45, 7) is 9.42. The molecule has 0 aromatic rings. The van der Waals surface area contributed by atoms with Gasteiger partial charge in [-0.15, -0.1) is 0 Å². The third-order valence-corrected chi connectivity index (χ3v) is 9.03. The summed E-state index contributed by atoms with van der Waals surface area (Å²) in [6, 6.07) is 0. The zero-order valence-corrected chi connectivity index (χ0v) is 27.5. The van der Waals surface area contributed by atoms with Crippen molar-refractivity contribution >= 4 is 0 Å². The normalized spacial score (nSPS) is 15.2. The van der Waals surface area contributed by atoms with Crippen LogP contribution in [0.1, 0.15) is 207 Å². The highest BCUT2D eigenvalue weighted by Gasteiger charge is 2.24. The summed E-state index contributed by atoms with van der Waals surface area (Å²) in [5.41, 5.74) is 0. The molecule has 2 heteroatoms. The van der Waals surface area contributed by atoms with Gasteiger partial charge in [-0.1, -0.05) is 181 Å². The van der Waals surface area contributed by atoms with Crippen LogP contribution in [0, 0.1) is 0 Å². The molecule has 1 rings (SSSR count). The van der Waals surface area contributed by atoms with E-state index >= 15 is 0 Å². The smallest absolute Gasteiger partial charge is 0.101 e. The second-order valence-corrected chi connectivity index (χ2v) is 12.9. The Morgan fingerprint density at radius 3 is 1.00 bits per heavy atom. The van der Waals surface area contributed by atoms with E-state index in [9.17, 15) is 0 Å². The summed E-state index contributed by atoms with van der Waals surface area (Å²) >= 11 is 0. The molecule has 0 N–H and O–H groups in total. The molecule has 0 bridgehead atoms. The summed E-state index contributed by atoms with van der Waals surface area (Å²) < 4.78 is 0. The lowest BCUT2D eigenvalue weighted by Gasteiger charge is -2.33. The first kappa shape index (κ1) is 36.4. The van der Waals surface area contributed by atoms with Crippen molar-refractivity contribution in [3.05, 3.63) is 12.4 Å². The van der Waals surface area contributed by atoms with E-state index in [1.54, 1.807) is 0 Å². The molecule has 0 aromatic carbocycles. The topological polar surface area (TPSA) is 6.48 Å². The lowest BCUT2D eigenvalue weighted by molar-refractivity contribution is 0.137. The van der Waals surface area contributed by atoms with E-state index in [4.69, 9.17) is 0 Å². The fourth-order valence-corrected chi connectivity index (χ4v) is 6.43. The predicted octanol–water partition coefficient (Wildman–Crippen LogP) is 12.8. The third-order valence-electron chi connectivity index (χ3n) is 9.03. The Morgan fingerprint density at radius 2 is 0.641 bits per heavy atom. The quantitative estimate of drug-likeness (QED) is 0.0798. The largest absolute Gasteiger partial charge is 0.356 e. The van der Waals surface area contributed by atoms with Crippen molar-refractivity contribution in [1.82, 2.24) is 9.80 Å². The Hall–Kier alpha value is -0.660. The molecule has 1 aliphatic rings. The van der Waals surface area contributed by atoms with Gasteiger partial charge in [0.05, 0.1) is 0 Å². The van der Waals surface area contributed by atoms with Crippen LogP contribution in [0.4, 0.5) is 0 Å². The molecule has 0 saturated carbocycles. The van der Waals surface area contributed by atoms with Crippen molar-refractivity contribution in [2.45, 2.75) is 213 Å². The van der Waals surface area contributed by atoms with E-state index < -0.39 is 0 Å². The van der Waals surface area contributed by atoms with Gasteiger partial charge in [0.15, 0.2) is 0 Å². The van der Waals surface area contributed by atoms with Crippen LogP contribution in [-0.2, 0) is 0 Å². The lowest BCUT2D eigenvalue weighted by Crippen LogP contribution is -2.39. The summed E-state index contributed by atoms with van der Waals surface area (Å²) in [5, 5.41) is 0. The van der Waals surface area contributed by atoms with Gasteiger partial charge in [-0.2, -0.15) is 0 Å². The predicted molar refractivity (Wildman–Crippen MR) is 177 cm³/mol. The molecule has 0 spiro atoms. The van der Waals surface area contributed by atoms with Crippen molar-refractivity contribution in [1.29, 1.82) is 0 Å². The van der Waals surface area contributed by atoms with Gasteiger partial charge in [-0.25, -0.2) is 0 Å². The minimum Gasteiger partial charge on any atom is -0.356 e. The van der Waals surface area contributed by atoms with Gasteiger partial charge >= 0.3 is 0 Å².